The van der Waals surface area contributed by atoms with Crippen molar-refractivity contribution in [3.05, 3.63) is 0 Å². The van der Waals surface area contributed by atoms with Gasteiger partial charge in [0.25, 0.3) is 0 Å². The van der Waals surface area contributed by atoms with E-state index < -0.39 is 0 Å². The zero-order chi connectivity index (χ0) is 7.35. The molecule has 0 spiro atoms. The molecular weight excluding hydrogens is 122 g/mol. The number of fused-ring (bicyclic) bond motifs is 1. The third-order valence-corrected chi connectivity index (χ3v) is 2.99. The van der Waals surface area contributed by atoms with Crippen LogP contribution in [-0.4, -0.2) is 12.1 Å². The van der Waals surface area contributed by atoms with E-state index in [1.807, 2.05) is 0 Å². The number of nitrogens with one attached hydrogen (secondary N) is 1. The Morgan fingerprint density at radius 2 is 2.00 bits per heavy atom. The number of hydrogen-bond donors (Lipinski definition) is 1. The van der Waals surface area contributed by atoms with Crippen molar-refractivity contribution in [1.82, 2.24) is 5.32 Å². The predicted molar refractivity (Wildman–Crippen MR) is 42.9 cm³/mol. The summed E-state index contributed by atoms with van der Waals surface area (Å²) in [6, 6.07) is 1.76. The lowest BCUT2D eigenvalue weighted by Crippen LogP contribution is -2.27. The summed E-state index contributed by atoms with van der Waals surface area (Å²) in [4.78, 5) is 0. The van der Waals surface area contributed by atoms with E-state index in [0.717, 1.165) is 18.0 Å². The molecular formula is C9H17N. The molecule has 0 amide bonds. The zero-order valence-electron chi connectivity index (χ0n) is 7.15. The minimum absolute atomic E-state index is 0.601. The van der Waals surface area contributed by atoms with Gasteiger partial charge < -0.3 is 5.32 Å². The molecule has 1 nitrogen and oxygen atoms in total. The van der Waals surface area contributed by atoms with Crippen molar-refractivity contribution in [1.29, 1.82) is 0 Å². The van der Waals surface area contributed by atoms with Gasteiger partial charge in [0, 0.05) is 12.1 Å². The molecule has 0 radical (unpaired) electrons. The van der Waals surface area contributed by atoms with Crippen molar-refractivity contribution in [2.45, 2.75) is 45.7 Å². The SMILES string of the molecule is C[C@H]1CC(C)(C)C[C@H]2N[C@@H]12. The second-order valence-electron chi connectivity index (χ2n) is 4.85. The molecule has 1 heteroatoms. The van der Waals surface area contributed by atoms with Gasteiger partial charge in [-0.05, 0) is 24.2 Å². The van der Waals surface area contributed by atoms with E-state index in [1.165, 1.54) is 12.8 Å². The molecule has 1 saturated carbocycles. The van der Waals surface area contributed by atoms with Gasteiger partial charge in [-0.2, -0.15) is 0 Å². The van der Waals surface area contributed by atoms with Crippen molar-refractivity contribution in [3.8, 4) is 0 Å². The largest absolute Gasteiger partial charge is 0.308 e. The fourth-order valence-electron chi connectivity index (χ4n) is 2.62. The van der Waals surface area contributed by atoms with E-state index in [0.29, 0.717) is 5.41 Å². The Kier molecular flexibility index (Phi) is 1.17. The second-order valence-corrected chi connectivity index (χ2v) is 4.85. The molecule has 2 aliphatic rings. The maximum Gasteiger partial charge on any atom is 0.0250 e. The molecule has 0 aromatic rings. The predicted octanol–water partition coefficient (Wildman–Crippen LogP) is 1.78. The van der Waals surface area contributed by atoms with Crippen LogP contribution in [0.4, 0.5) is 0 Å². The molecule has 2 rings (SSSR count). The molecule has 3 atom stereocenters. The topological polar surface area (TPSA) is 21.9 Å². The van der Waals surface area contributed by atoms with E-state index in [9.17, 15) is 0 Å². The molecule has 0 aromatic carbocycles. The van der Waals surface area contributed by atoms with Crippen molar-refractivity contribution < 1.29 is 0 Å². The highest BCUT2D eigenvalue weighted by molar-refractivity contribution is 5.07. The second kappa shape index (κ2) is 1.76. The summed E-state index contributed by atoms with van der Waals surface area (Å²) in [7, 11) is 0. The summed E-state index contributed by atoms with van der Waals surface area (Å²) >= 11 is 0. The first-order chi connectivity index (χ1) is 4.58. The Balaban J connectivity index is 2.06. The Morgan fingerprint density at radius 1 is 1.30 bits per heavy atom. The monoisotopic (exact) mass is 139 g/mol. The molecule has 10 heavy (non-hydrogen) atoms. The summed E-state index contributed by atoms with van der Waals surface area (Å²) in [5.74, 6) is 0.911. The summed E-state index contributed by atoms with van der Waals surface area (Å²) in [6.45, 7) is 7.15. The van der Waals surface area contributed by atoms with Crippen LogP contribution in [0, 0.1) is 11.3 Å². The fourth-order valence-corrected chi connectivity index (χ4v) is 2.62. The molecule has 58 valence electrons. The molecule has 1 heterocycles. The van der Waals surface area contributed by atoms with Gasteiger partial charge in [-0.15, -0.1) is 0 Å². The maximum absolute atomic E-state index is 3.54. The summed E-state index contributed by atoms with van der Waals surface area (Å²) in [6.07, 6.45) is 2.79. The van der Waals surface area contributed by atoms with Gasteiger partial charge in [-0.25, -0.2) is 0 Å². The smallest absolute Gasteiger partial charge is 0.0250 e. The van der Waals surface area contributed by atoms with Crippen molar-refractivity contribution in [2.75, 3.05) is 0 Å². The van der Waals surface area contributed by atoms with E-state index >= 15 is 0 Å². The highest BCUT2D eigenvalue weighted by atomic mass is 15.2. The van der Waals surface area contributed by atoms with Gasteiger partial charge in [0.05, 0.1) is 0 Å². The summed E-state index contributed by atoms with van der Waals surface area (Å²) in [5, 5.41) is 3.54. The van der Waals surface area contributed by atoms with Crippen LogP contribution < -0.4 is 5.32 Å². The molecule has 2 fully saturated rings. The van der Waals surface area contributed by atoms with Crippen molar-refractivity contribution >= 4 is 0 Å². The summed E-state index contributed by atoms with van der Waals surface area (Å²) < 4.78 is 0. The van der Waals surface area contributed by atoms with Crippen molar-refractivity contribution in [3.63, 3.8) is 0 Å². The van der Waals surface area contributed by atoms with Gasteiger partial charge >= 0.3 is 0 Å². The van der Waals surface area contributed by atoms with Crippen LogP contribution in [-0.2, 0) is 0 Å². The van der Waals surface area contributed by atoms with Crippen LogP contribution in [0.1, 0.15) is 33.6 Å². The van der Waals surface area contributed by atoms with E-state index in [-0.39, 0.29) is 0 Å². The molecule has 0 unspecified atom stereocenters. The number of rotatable bonds is 0. The lowest BCUT2D eigenvalue weighted by molar-refractivity contribution is 0.221. The van der Waals surface area contributed by atoms with Gasteiger partial charge in [0.2, 0.25) is 0 Å². The number of hydrogen-bond acceptors (Lipinski definition) is 1. The molecule has 0 bridgehead atoms. The van der Waals surface area contributed by atoms with Crippen LogP contribution in [0.2, 0.25) is 0 Å². The van der Waals surface area contributed by atoms with Crippen LogP contribution in [0.25, 0.3) is 0 Å². The Bertz CT molecular complexity index is 151. The molecule has 1 N–H and O–H groups in total. The first kappa shape index (κ1) is 6.66. The zero-order valence-corrected chi connectivity index (χ0v) is 7.15. The third-order valence-electron chi connectivity index (χ3n) is 2.99. The highest BCUT2D eigenvalue weighted by Gasteiger charge is 2.48. The van der Waals surface area contributed by atoms with E-state index in [4.69, 9.17) is 0 Å². The standard InChI is InChI=1S/C9H17N/c1-6-4-9(2,3)5-7-8(6)10-7/h6-8,10H,4-5H2,1-3H3/t6-,7+,8-/m0/s1. The Hall–Kier alpha value is -0.0400. The maximum atomic E-state index is 3.54. The van der Waals surface area contributed by atoms with Crippen LogP contribution in [0.5, 0.6) is 0 Å². The molecule has 1 saturated heterocycles. The molecule has 1 aliphatic heterocycles. The van der Waals surface area contributed by atoms with Gasteiger partial charge in [0.1, 0.15) is 0 Å². The lowest BCUT2D eigenvalue weighted by Gasteiger charge is -2.31. The molecule has 1 aliphatic carbocycles. The molecule has 0 aromatic heterocycles. The van der Waals surface area contributed by atoms with Crippen LogP contribution in [0.15, 0.2) is 0 Å². The van der Waals surface area contributed by atoms with Crippen LogP contribution in [0.3, 0.4) is 0 Å². The average Bonchev–Trinajstić information content (AvgIpc) is 2.40. The van der Waals surface area contributed by atoms with E-state index in [1.54, 1.807) is 0 Å². The third kappa shape index (κ3) is 0.968. The fraction of sp³-hybridized carbons (Fsp3) is 1.00. The van der Waals surface area contributed by atoms with Gasteiger partial charge in [-0.3, -0.25) is 0 Å². The van der Waals surface area contributed by atoms with Gasteiger partial charge in [0.15, 0.2) is 0 Å². The first-order valence-electron chi connectivity index (χ1n) is 4.34. The minimum atomic E-state index is 0.601. The quantitative estimate of drug-likeness (QED) is 0.508. The first-order valence-corrected chi connectivity index (χ1v) is 4.34. The van der Waals surface area contributed by atoms with Crippen molar-refractivity contribution in [2.24, 2.45) is 11.3 Å². The Morgan fingerprint density at radius 3 is 2.60 bits per heavy atom. The minimum Gasteiger partial charge on any atom is -0.308 e. The Labute approximate surface area is 63.2 Å². The highest BCUT2D eigenvalue weighted by Crippen LogP contribution is 2.44. The van der Waals surface area contributed by atoms with E-state index in [2.05, 4.69) is 26.1 Å². The van der Waals surface area contributed by atoms with Crippen LogP contribution >= 0.6 is 0 Å². The van der Waals surface area contributed by atoms with Gasteiger partial charge in [-0.1, -0.05) is 20.8 Å². The summed E-state index contributed by atoms with van der Waals surface area (Å²) in [5.41, 5.74) is 0.601. The lowest BCUT2D eigenvalue weighted by atomic mass is 9.73. The average molecular weight is 139 g/mol. The normalized spacial score (nSPS) is 50.1.